The van der Waals surface area contributed by atoms with Crippen molar-refractivity contribution in [3.8, 4) is 0 Å². The second-order valence-corrected chi connectivity index (χ2v) is 5.05. The van der Waals surface area contributed by atoms with Crippen molar-refractivity contribution in [2.24, 2.45) is 5.10 Å². The number of amides is 1. The van der Waals surface area contributed by atoms with Gasteiger partial charge in [0.25, 0.3) is 0 Å². The minimum absolute atomic E-state index is 0.0454. The van der Waals surface area contributed by atoms with Crippen LogP contribution in [-0.2, 0) is 4.79 Å². The summed E-state index contributed by atoms with van der Waals surface area (Å²) in [6.45, 7) is 2.12. The summed E-state index contributed by atoms with van der Waals surface area (Å²) >= 11 is 0. The predicted molar refractivity (Wildman–Crippen MR) is 88.6 cm³/mol. The highest BCUT2D eigenvalue weighted by Crippen LogP contribution is 2.09. The number of hydrogen-bond donors (Lipinski definition) is 1. The molecule has 0 spiro atoms. The summed E-state index contributed by atoms with van der Waals surface area (Å²) in [5, 5.41) is 4.33. The van der Waals surface area contributed by atoms with E-state index in [1.807, 2.05) is 42.5 Å². The van der Waals surface area contributed by atoms with Crippen molar-refractivity contribution in [2.45, 2.75) is 32.6 Å². The number of pyridine rings is 1. The average Bonchev–Trinajstić information content (AvgIpc) is 2.57. The number of unbranched alkanes of at least 4 members (excludes halogenated alkanes) is 2. The third-order valence-electron chi connectivity index (χ3n) is 3.30. The maximum atomic E-state index is 11.9. The van der Waals surface area contributed by atoms with Gasteiger partial charge in [-0.1, -0.05) is 50.1 Å². The molecule has 0 bridgehead atoms. The third kappa shape index (κ3) is 4.81. The van der Waals surface area contributed by atoms with Crippen molar-refractivity contribution >= 4 is 11.6 Å². The summed E-state index contributed by atoms with van der Waals surface area (Å²) < 4.78 is 0. The molecule has 0 fully saturated rings. The van der Waals surface area contributed by atoms with Gasteiger partial charge in [0.2, 0.25) is 5.91 Å². The first-order chi connectivity index (χ1) is 10.8. The van der Waals surface area contributed by atoms with Gasteiger partial charge in [-0.3, -0.25) is 9.78 Å². The lowest BCUT2D eigenvalue weighted by molar-refractivity contribution is -0.121. The van der Waals surface area contributed by atoms with Gasteiger partial charge in [-0.15, -0.1) is 0 Å². The molecule has 1 aromatic heterocycles. The highest BCUT2D eigenvalue weighted by atomic mass is 16.2. The Labute approximate surface area is 131 Å². The number of benzene rings is 1. The molecule has 2 rings (SSSR count). The fraction of sp³-hybridized carbons (Fsp3) is 0.278. The van der Waals surface area contributed by atoms with Crippen LogP contribution in [0, 0.1) is 0 Å². The van der Waals surface area contributed by atoms with E-state index in [0.717, 1.165) is 36.1 Å². The van der Waals surface area contributed by atoms with Crippen LogP contribution < -0.4 is 5.43 Å². The van der Waals surface area contributed by atoms with E-state index in [1.54, 1.807) is 12.4 Å². The molecule has 1 aromatic carbocycles. The lowest BCUT2D eigenvalue weighted by Gasteiger charge is -2.07. The SMILES string of the molecule is CCCCCC(=O)NN=C(c1ccccc1)c1ccncc1. The van der Waals surface area contributed by atoms with Crippen molar-refractivity contribution in [3.05, 3.63) is 66.0 Å². The molecule has 22 heavy (non-hydrogen) atoms. The number of hydrazone groups is 1. The number of aromatic nitrogens is 1. The smallest absolute Gasteiger partial charge is 0.240 e. The highest BCUT2D eigenvalue weighted by Gasteiger charge is 2.07. The molecule has 4 nitrogen and oxygen atoms in total. The van der Waals surface area contributed by atoms with Crippen molar-refractivity contribution < 1.29 is 4.79 Å². The molecule has 0 saturated carbocycles. The molecule has 1 N–H and O–H groups in total. The zero-order valence-electron chi connectivity index (χ0n) is 12.8. The summed E-state index contributed by atoms with van der Waals surface area (Å²) in [6.07, 6.45) is 7.01. The van der Waals surface area contributed by atoms with Crippen LogP contribution in [0.15, 0.2) is 60.0 Å². The number of carbonyl (C=O) groups excluding carboxylic acids is 1. The van der Waals surface area contributed by atoms with E-state index in [0.29, 0.717) is 6.42 Å². The van der Waals surface area contributed by atoms with E-state index in [2.05, 4.69) is 22.4 Å². The molecule has 1 heterocycles. The van der Waals surface area contributed by atoms with Gasteiger partial charge in [0, 0.05) is 29.9 Å². The van der Waals surface area contributed by atoms with Gasteiger partial charge in [0.05, 0.1) is 5.71 Å². The lowest BCUT2D eigenvalue weighted by Crippen LogP contribution is -2.20. The fourth-order valence-electron chi connectivity index (χ4n) is 2.11. The van der Waals surface area contributed by atoms with Crippen LogP contribution >= 0.6 is 0 Å². The van der Waals surface area contributed by atoms with Crippen LogP contribution in [0.4, 0.5) is 0 Å². The first-order valence-electron chi connectivity index (χ1n) is 7.63. The monoisotopic (exact) mass is 295 g/mol. The van der Waals surface area contributed by atoms with E-state index in [4.69, 9.17) is 0 Å². The molecule has 0 saturated heterocycles. The summed E-state index contributed by atoms with van der Waals surface area (Å²) in [4.78, 5) is 15.9. The van der Waals surface area contributed by atoms with Gasteiger partial charge >= 0.3 is 0 Å². The standard InChI is InChI=1S/C18H21N3O/c1-2-3-5-10-17(22)20-21-18(15-8-6-4-7-9-15)16-11-13-19-14-12-16/h4,6-9,11-14H,2-3,5,10H2,1H3,(H,20,22). The second-order valence-electron chi connectivity index (χ2n) is 5.05. The predicted octanol–water partition coefficient (Wildman–Crippen LogP) is 3.53. The Kier molecular flexibility index (Phi) is 6.30. The Morgan fingerprint density at radius 3 is 2.41 bits per heavy atom. The second kappa shape index (κ2) is 8.72. The lowest BCUT2D eigenvalue weighted by atomic mass is 10.0. The van der Waals surface area contributed by atoms with Crippen LogP contribution in [-0.4, -0.2) is 16.6 Å². The fourth-order valence-corrected chi connectivity index (χ4v) is 2.11. The quantitative estimate of drug-likeness (QED) is 0.482. The summed E-state index contributed by atoms with van der Waals surface area (Å²) in [5.74, 6) is -0.0454. The van der Waals surface area contributed by atoms with Crippen LogP contribution in [0.5, 0.6) is 0 Å². The molecule has 0 aliphatic carbocycles. The topological polar surface area (TPSA) is 54.4 Å². The Hall–Kier alpha value is -2.49. The van der Waals surface area contributed by atoms with Gasteiger partial charge in [-0.25, -0.2) is 5.43 Å². The van der Waals surface area contributed by atoms with Gasteiger partial charge in [0.1, 0.15) is 0 Å². The molecule has 0 radical (unpaired) electrons. The Balaban J connectivity index is 2.15. The zero-order chi connectivity index (χ0) is 15.6. The molecule has 1 amide bonds. The largest absolute Gasteiger partial charge is 0.273 e. The number of carbonyl (C=O) groups is 1. The van der Waals surface area contributed by atoms with Crippen molar-refractivity contribution in [1.82, 2.24) is 10.4 Å². The molecule has 0 atom stereocenters. The van der Waals surface area contributed by atoms with Gasteiger partial charge in [-0.2, -0.15) is 5.10 Å². The molecule has 2 aromatic rings. The van der Waals surface area contributed by atoms with Crippen molar-refractivity contribution in [3.63, 3.8) is 0 Å². The van der Waals surface area contributed by atoms with Crippen LogP contribution in [0.2, 0.25) is 0 Å². The van der Waals surface area contributed by atoms with Crippen molar-refractivity contribution in [1.29, 1.82) is 0 Å². The Morgan fingerprint density at radius 1 is 1.05 bits per heavy atom. The number of nitrogens with zero attached hydrogens (tertiary/aromatic N) is 2. The summed E-state index contributed by atoms with van der Waals surface area (Å²) in [5.41, 5.74) is 5.30. The maximum Gasteiger partial charge on any atom is 0.240 e. The molecule has 0 aliphatic heterocycles. The van der Waals surface area contributed by atoms with Gasteiger partial charge in [0.15, 0.2) is 0 Å². The Bertz CT molecular complexity index is 567. The number of nitrogens with one attached hydrogen (secondary N) is 1. The highest BCUT2D eigenvalue weighted by molar-refractivity contribution is 6.13. The normalized spacial score (nSPS) is 11.2. The van der Waals surface area contributed by atoms with E-state index in [9.17, 15) is 4.79 Å². The first-order valence-corrected chi connectivity index (χ1v) is 7.63. The van der Waals surface area contributed by atoms with E-state index in [1.165, 1.54) is 0 Å². The third-order valence-corrected chi connectivity index (χ3v) is 3.30. The summed E-state index contributed by atoms with van der Waals surface area (Å²) in [6, 6.07) is 13.6. The summed E-state index contributed by atoms with van der Waals surface area (Å²) in [7, 11) is 0. The van der Waals surface area contributed by atoms with Crippen LogP contribution in [0.1, 0.15) is 43.7 Å². The average molecular weight is 295 g/mol. The molecule has 4 heteroatoms. The van der Waals surface area contributed by atoms with Gasteiger partial charge < -0.3 is 0 Å². The number of rotatable bonds is 7. The zero-order valence-corrected chi connectivity index (χ0v) is 12.8. The van der Waals surface area contributed by atoms with Crippen LogP contribution in [0.3, 0.4) is 0 Å². The van der Waals surface area contributed by atoms with E-state index < -0.39 is 0 Å². The minimum atomic E-state index is -0.0454. The van der Waals surface area contributed by atoms with E-state index >= 15 is 0 Å². The molecule has 0 aliphatic rings. The van der Waals surface area contributed by atoms with Gasteiger partial charge in [-0.05, 0) is 18.6 Å². The number of hydrogen-bond acceptors (Lipinski definition) is 3. The Morgan fingerprint density at radius 2 is 1.73 bits per heavy atom. The molecule has 114 valence electrons. The molecule has 0 unspecified atom stereocenters. The van der Waals surface area contributed by atoms with Crippen LogP contribution in [0.25, 0.3) is 0 Å². The maximum absolute atomic E-state index is 11.9. The van der Waals surface area contributed by atoms with E-state index in [-0.39, 0.29) is 5.91 Å². The first kappa shape index (κ1) is 15.9. The minimum Gasteiger partial charge on any atom is -0.273 e. The molecular formula is C18H21N3O. The molecular weight excluding hydrogens is 274 g/mol. The van der Waals surface area contributed by atoms with Crippen molar-refractivity contribution in [2.75, 3.05) is 0 Å².